The van der Waals surface area contributed by atoms with Crippen LogP contribution in [0.1, 0.15) is 31.0 Å². The van der Waals surface area contributed by atoms with Crippen LogP contribution in [-0.2, 0) is 0 Å². The maximum Gasteiger partial charge on any atom is 0.183 e. The van der Waals surface area contributed by atoms with E-state index in [1.165, 1.54) is 0 Å². The Morgan fingerprint density at radius 2 is 1.97 bits per heavy atom. The third kappa shape index (κ3) is 3.87. The van der Waals surface area contributed by atoms with Crippen LogP contribution in [0.25, 0.3) is 33.1 Å². The van der Waals surface area contributed by atoms with Crippen LogP contribution in [0.3, 0.4) is 0 Å². The van der Waals surface area contributed by atoms with Gasteiger partial charge in [0.1, 0.15) is 23.6 Å². The standard InChI is InChI=1S/C26H27N5O2/c1-4-31-9-7-19(8-10-31)33-25-21(13-27)28-15-22-24(25)20-11-18(14-29-26(20)30-22)17-6-5-16(2)23(12-17)32-3/h5-6,11-12,14-15,19H,4,7-10H2,1-3H3,(H,29,30). The van der Waals surface area contributed by atoms with E-state index in [4.69, 9.17) is 9.47 Å². The van der Waals surface area contributed by atoms with Crippen LogP contribution in [0.5, 0.6) is 11.5 Å². The minimum absolute atomic E-state index is 0.0646. The Morgan fingerprint density at radius 3 is 2.70 bits per heavy atom. The van der Waals surface area contributed by atoms with Crippen molar-refractivity contribution < 1.29 is 9.47 Å². The number of aryl methyl sites for hydroxylation is 1. The first-order valence-corrected chi connectivity index (χ1v) is 11.4. The highest BCUT2D eigenvalue weighted by Gasteiger charge is 2.24. The van der Waals surface area contributed by atoms with Gasteiger partial charge in [-0.1, -0.05) is 19.1 Å². The molecule has 0 atom stereocenters. The first-order valence-electron chi connectivity index (χ1n) is 11.4. The van der Waals surface area contributed by atoms with E-state index in [0.29, 0.717) is 11.4 Å². The topological polar surface area (TPSA) is 87.1 Å². The number of aromatic nitrogens is 3. The number of benzene rings is 1. The Balaban J connectivity index is 1.61. The van der Waals surface area contributed by atoms with Crippen molar-refractivity contribution in [3.63, 3.8) is 0 Å². The molecule has 0 spiro atoms. The quantitative estimate of drug-likeness (QED) is 0.477. The van der Waals surface area contributed by atoms with Crippen LogP contribution in [0.15, 0.2) is 36.7 Å². The summed E-state index contributed by atoms with van der Waals surface area (Å²) in [7, 11) is 1.68. The number of pyridine rings is 2. The van der Waals surface area contributed by atoms with Gasteiger partial charge >= 0.3 is 0 Å². The number of fused-ring (bicyclic) bond motifs is 3. The summed E-state index contributed by atoms with van der Waals surface area (Å²) in [6.07, 6.45) is 5.47. The second-order valence-corrected chi connectivity index (χ2v) is 8.52. The fourth-order valence-corrected chi connectivity index (χ4v) is 4.60. The van der Waals surface area contributed by atoms with Crippen molar-refractivity contribution in [3.05, 3.63) is 47.9 Å². The largest absolute Gasteiger partial charge is 0.496 e. The lowest BCUT2D eigenvalue weighted by molar-refractivity contribution is 0.104. The fraction of sp³-hybridized carbons (Fsp3) is 0.346. The number of rotatable bonds is 5. The molecular formula is C26H27N5O2. The summed E-state index contributed by atoms with van der Waals surface area (Å²) in [6.45, 7) is 7.26. The molecule has 1 N–H and O–H groups in total. The molecule has 1 aromatic carbocycles. The molecule has 33 heavy (non-hydrogen) atoms. The predicted octanol–water partition coefficient (Wildman–Crippen LogP) is 4.83. The maximum absolute atomic E-state index is 9.77. The smallest absolute Gasteiger partial charge is 0.183 e. The zero-order chi connectivity index (χ0) is 22.9. The minimum Gasteiger partial charge on any atom is -0.496 e. The molecule has 1 fully saturated rings. The summed E-state index contributed by atoms with van der Waals surface area (Å²) in [6, 6.07) is 10.5. The van der Waals surface area contributed by atoms with Gasteiger partial charge in [-0.25, -0.2) is 9.97 Å². The van der Waals surface area contributed by atoms with E-state index >= 15 is 0 Å². The van der Waals surface area contributed by atoms with Gasteiger partial charge in [-0.15, -0.1) is 0 Å². The maximum atomic E-state index is 9.77. The van der Waals surface area contributed by atoms with Crippen LogP contribution >= 0.6 is 0 Å². The third-order valence-corrected chi connectivity index (χ3v) is 6.56. The summed E-state index contributed by atoms with van der Waals surface area (Å²) >= 11 is 0. The molecule has 0 radical (unpaired) electrons. The van der Waals surface area contributed by atoms with E-state index in [0.717, 1.165) is 76.9 Å². The number of methoxy groups -OCH3 is 1. The highest BCUT2D eigenvalue weighted by Crippen LogP contribution is 2.37. The number of piperidine rings is 1. The van der Waals surface area contributed by atoms with Gasteiger partial charge in [0.05, 0.1) is 24.2 Å². The molecular weight excluding hydrogens is 414 g/mol. The predicted molar refractivity (Wildman–Crippen MR) is 129 cm³/mol. The molecule has 5 rings (SSSR count). The van der Waals surface area contributed by atoms with Gasteiger partial charge in [0.25, 0.3) is 0 Å². The molecule has 7 nitrogen and oxygen atoms in total. The van der Waals surface area contributed by atoms with Crippen LogP contribution in [0, 0.1) is 18.3 Å². The number of nitriles is 1. The molecule has 7 heteroatoms. The molecule has 1 aliphatic rings. The van der Waals surface area contributed by atoms with Crippen molar-refractivity contribution >= 4 is 21.9 Å². The van der Waals surface area contributed by atoms with Crippen LogP contribution in [-0.4, -0.2) is 52.7 Å². The van der Waals surface area contributed by atoms with Gasteiger partial charge in [-0.2, -0.15) is 5.26 Å². The summed E-state index contributed by atoms with van der Waals surface area (Å²) in [4.78, 5) is 14.8. The van der Waals surface area contributed by atoms with Crippen molar-refractivity contribution in [2.75, 3.05) is 26.7 Å². The van der Waals surface area contributed by atoms with Crippen LogP contribution < -0.4 is 9.47 Å². The molecule has 0 unspecified atom stereocenters. The van der Waals surface area contributed by atoms with Crippen molar-refractivity contribution in [3.8, 4) is 28.7 Å². The van der Waals surface area contributed by atoms with E-state index in [9.17, 15) is 5.26 Å². The average molecular weight is 442 g/mol. The highest BCUT2D eigenvalue weighted by atomic mass is 16.5. The van der Waals surface area contributed by atoms with Gasteiger partial charge in [0, 0.05) is 30.2 Å². The molecule has 4 heterocycles. The number of aromatic amines is 1. The molecule has 3 aromatic heterocycles. The Bertz CT molecular complexity index is 1360. The zero-order valence-electron chi connectivity index (χ0n) is 19.2. The first-order chi connectivity index (χ1) is 16.1. The molecule has 0 aliphatic carbocycles. The number of nitrogens with one attached hydrogen (secondary N) is 1. The number of H-pyrrole nitrogens is 1. The number of ether oxygens (including phenoxy) is 2. The number of hydrogen-bond acceptors (Lipinski definition) is 6. The molecule has 1 saturated heterocycles. The van der Waals surface area contributed by atoms with Crippen molar-refractivity contribution in [1.82, 2.24) is 19.9 Å². The van der Waals surface area contributed by atoms with Crippen molar-refractivity contribution in [2.24, 2.45) is 0 Å². The van der Waals surface area contributed by atoms with Crippen LogP contribution in [0.2, 0.25) is 0 Å². The Morgan fingerprint density at radius 1 is 1.15 bits per heavy atom. The summed E-state index contributed by atoms with van der Waals surface area (Å²) in [5.41, 5.74) is 4.94. The van der Waals surface area contributed by atoms with Crippen molar-refractivity contribution in [2.45, 2.75) is 32.8 Å². The second kappa shape index (κ2) is 8.72. The number of nitrogens with zero attached hydrogens (tertiary/aromatic N) is 4. The van der Waals surface area contributed by atoms with Gasteiger partial charge in [0.15, 0.2) is 11.4 Å². The van der Waals surface area contributed by atoms with Gasteiger partial charge in [-0.3, -0.25) is 0 Å². The third-order valence-electron chi connectivity index (χ3n) is 6.56. The van der Waals surface area contributed by atoms with Crippen LogP contribution in [0.4, 0.5) is 0 Å². The van der Waals surface area contributed by atoms with E-state index in [-0.39, 0.29) is 6.10 Å². The Labute approximate surface area is 193 Å². The van der Waals surface area contributed by atoms with E-state index in [1.54, 1.807) is 13.3 Å². The van der Waals surface area contributed by atoms with Crippen molar-refractivity contribution in [1.29, 1.82) is 5.26 Å². The van der Waals surface area contributed by atoms with E-state index in [2.05, 4.69) is 45.0 Å². The number of hydrogen-bond donors (Lipinski definition) is 1. The first kappa shape index (κ1) is 21.2. The van der Waals surface area contributed by atoms with Gasteiger partial charge in [-0.05, 0) is 49.6 Å². The van der Waals surface area contributed by atoms with E-state index in [1.807, 2.05) is 25.3 Å². The fourth-order valence-electron chi connectivity index (χ4n) is 4.60. The molecule has 0 bridgehead atoms. The minimum atomic E-state index is 0.0646. The lowest BCUT2D eigenvalue weighted by Gasteiger charge is -2.31. The lowest BCUT2D eigenvalue weighted by Crippen LogP contribution is -2.38. The lowest BCUT2D eigenvalue weighted by atomic mass is 10.0. The zero-order valence-corrected chi connectivity index (χ0v) is 19.2. The normalized spacial score (nSPS) is 15.1. The molecule has 168 valence electrons. The van der Waals surface area contributed by atoms with E-state index < -0.39 is 0 Å². The summed E-state index contributed by atoms with van der Waals surface area (Å²) in [5, 5.41) is 11.6. The molecule has 0 amide bonds. The second-order valence-electron chi connectivity index (χ2n) is 8.52. The molecule has 1 aliphatic heterocycles. The SMILES string of the molecule is CCN1CCC(Oc2c(C#N)ncc3[nH]c4ncc(-c5ccc(C)c(OC)c5)cc4c23)CC1. The average Bonchev–Trinajstić information content (AvgIpc) is 3.23. The molecule has 4 aromatic rings. The van der Waals surface area contributed by atoms with Gasteiger partial charge in [0.2, 0.25) is 0 Å². The monoisotopic (exact) mass is 441 g/mol. The summed E-state index contributed by atoms with van der Waals surface area (Å²) < 4.78 is 12.0. The molecule has 0 saturated carbocycles. The highest BCUT2D eigenvalue weighted by molar-refractivity contribution is 6.10. The Hall–Kier alpha value is -3.63. The van der Waals surface area contributed by atoms with Gasteiger partial charge < -0.3 is 19.4 Å². The Kier molecular flexibility index (Phi) is 5.61. The number of likely N-dealkylation sites (tertiary alicyclic amines) is 1. The summed E-state index contributed by atoms with van der Waals surface area (Å²) in [5.74, 6) is 1.39.